The van der Waals surface area contributed by atoms with Crippen LogP contribution in [-0.2, 0) is 6.42 Å². The van der Waals surface area contributed by atoms with Crippen molar-refractivity contribution in [2.45, 2.75) is 19.8 Å². The highest BCUT2D eigenvalue weighted by Gasteiger charge is 2.11. The van der Waals surface area contributed by atoms with Crippen molar-refractivity contribution in [3.63, 3.8) is 0 Å². The molecule has 0 unspecified atom stereocenters. The Kier molecular flexibility index (Phi) is 3.88. The van der Waals surface area contributed by atoms with E-state index in [1.165, 1.54) is 6.07 Å². The molecule has 0 spiro atoms. The highest BCUT2D eigenvalue weighted by molar-refractivity contribution is 5.96. The molecule has 92 valence electrons. The minimum atomic E-state index is -0.432. The molecular weight excluding hydrogens is 227 g/mol. The lowest BCUT2D eigenvalue weighted by atomic mass is 10.0. The van der Waals surface area contributed by atoms with Crippen LogP contribution in [0.2, 0.25) is 0 Å². The molecule has 0 saturated carbocycles. The second-order valence-corrected chi connectivity index (χ2v) is 4.39. The van der Waals surface area contributed by atoms with Crippen LogP contribution in [0.15, 0.2) is 48.5 Å². The Balaban J connectivity index is 2.06. The van der Waals surface area contributed by atoms with Crippen LogP contribution in [0, 0.1) is 12.7 Å². The van der Waals surface area contributed by atoms with E-state index in [2.05, 4.69) is 0 Å². The molecule has 2 aromatic carbocycles. The van der Waals surface area contributed by atoms with E-state index in [1.807, 2.05) is 37.3 Å². The van der Waals surface area contributed by atoms with Gasteiger partial charge in [0.25, 0.3) is 0 Å². The maximum atomic E-state index is 13.5. The van der Waals surface area contributed by atoms with E-state index in [1.54, 1.807) is 12.1 Å². The molecule has 0 aliphatic carbocycles. The van der Waals surface area contributed by atoms with Crippen molar-refractivity contribution in [2.75, 3.05) is 0 Å². The minimum Gasteiger partial charge on any atom is -0.294 e. The molecule has 18 heavy (non-hydrogen) atoms. The summed E-state index contributed by atoms with van der Waals surface area (Å²) in [6.45, 7) is 1.85. The fraction of sp³-hybridized carbons (Fsp3) is 0.188. The predicted molar refractivity (Wildman–Crippen MR) is 70.2 cm³/mol. The lowest BCUT2D eigenvalue weighted by molar-refractivity contribution is 0.0979. The third kappa shape index (κ3) is 3.04. The zero-order valence-electron chi connectivity index (χ0n) is 10.3. The number of ketones is 1. The summed E-state index contributed by atoms with van der Waals surface area (Å²) in [5.41, 5.74) is 2.20. The maximum absolute atomic E-state index is 13.5. The number of Topliss-reactive ketones (excluding diaryl/α,β-unsaturated/α-hetero) is 1. The van der Waals surface area contributed by atoms with E-state index in [4.69, 9.17) is 0 Å². The van der Waals surface area contributed by atoms with Gasteiger partial charge in [-0.05, 0) is 31.0 Å². The maximum Gasteiger partial charge on any atom is 0.166 e. The number of carbonyl (C=O) groups excluding carboxylic acids is 1. The van der Waals surface area contributed by atoms with Gasteiger partial charge >= 0.3 is 0 Å². The standard InChI is InChI=1S/C16H15FO/c1-12-7-9-15(17)14(11-12)16(18)10-8-13-5-3-2-4-6-13/h2-7,9,11H,8,10H2,1H3. The number of rotatable bonds is 4. The molecule has 2 rings (SSSR count). The van der Waals surface area contributed by atoms with Crippen LogP contribution in [-0.4, -0.2) is 5.78 Å². The highest BCUT2D eigenvalue weighted by atomic mass is 19.1. The van der Waals surface area contributed by atoms with Crippen molar-refractivity contribution in [1.29, 1.82) is 0 Å². The summed E-state index contributed by atoms with van der Waals surface area (Å²) in [6, 6.07) is 14.4. The first-order chi connectivity index (χ1) is 8.66. The quantitative estimate of drug-likeness (QED) is 0.742. The monoisotopic (exact) mass is 242 g/mol. The molecule has 0 heterocycles. The van der Waals surface area contributed by atoms with Crippen molar-refractivity contribution in [3.8, 4) is 0 Å². The third-order valence-electron chi connectivity index (χ3n) is 2.91. The number of aryl methyl sites for hydroxylation is 2. The molecule has 0 aliphatic heterocycles. The smallest absolute Gasteiger partial charge is 0.166 e. The molecule has 0 fully saturated rings. The first-order valence-electron chi connectivity index (χ1n) is 6.00. The summed E-state index contributed by atoms with van der Waals surface area (Å²) < 4.78 is 13.5. The summed E-state index contributed by atoms with van der Waals surface area (Å²) >= 11 is 0. The molecule has 2 aromatic rings. The Morgan fingerprint density at radius 1 is 1.11 bits per heavy atom. The van der Waals surface area contributed by atoms with E-state index in [9.17, 15) is 9.18 Å². The first kappa shape index (κ1) is 12.5. The number of benzene rings is 2. The zero-order valence-corrected chi connectivity index (χ0v) is 10.3. The number of carbonyl (C=O) groups is 1. The van der Waals surface area contributed by atoms with Crippen LogP contribution in [0.3, 0.4) is 0 Å². The average Bonchev–Trinajstić information content (AvgIpc) is 2.40. The van der Waals surface area contributed by atoms with Crippen molar-refractivity contribution in [2.24, 2.45) is 0 Å². The van der Waals surface area contributed by atoms with Crippen molar-refractivity contribution in [3.05, 3.63) is 71.0 Å². The molecule has 0 bridgehead atoms. The molecule has 0 N–H and O–H groups in total. The van der Waals surface area contributed by atoms with E-state index in [0.29, 0.717) is 12.8 Å². The molecule has 0 saturated heterocycles. The Morgan fingerprint density at radius 3 is 2.56 bits per heavy atom. The molecule has 0 amide bonds. The molecular formula is C16H15FO. The van der Waals surface area contributed by atoms with Crippen LogP contribution < -0.4 is 0 Å². The van der Waals surface area contributed by atoms with Gasteiger partial charge in [-0.15, -0.1) is 0 Å². The van der Waals surface area contributed by atoms with E-state index >= 15 is 0 Å². The summed E-state index contributed by atoms with van der Waals surface area (Å²) in [6.07, 6.45) is 0.984. The molecule has 0 radical (unpaired) electrons. The lowest BCUT2D eigenvalue weighted by Gasteiger charge is -2.04. The third-order valence-corrected chi connectivity index (χ3v) is 2.91. The van der Waals surface area contributed by atoms with Gasteiger partial charge in [0, 0.05) is 6.42 Å². The molecule has 2 heteroatoms. The zero-order chi connectivity index (χ0) is 13.0. The fourth-order valence-corrected chi connectivity index (χ4v) is 1.89. The number of hydrogen-bond donors (Lipinski definition) is 0. The van der Waals surface area contributed by atoms with Gasteiger partial charge in [0.15, 0.2) is 5.78 Å². The summed E-state index contributed by atoms with van der Waals surface area (Å²) in [5, 5.41) is 0. The van der Waals surface area contributed by atoms with Gasteiger partial charge in [0.1, 0.15) is 5.82 Å². The van der Waals surface area contributed by atoms with Crippen LogP contribution in [0.25, 0.3) is 0 Å². The van der Waals surface area contributed by atoms with Crippen LogP contribution in [0.1, 0.15) is 27.9 Å². The summed E-state index contributed by atoms with van der Waals surface area (Å²) in [7, 11) is 0. The second-order valence-electron chi connectivity index (χ2n) is 4.39. The van der Waals surface area contributed by atoms with Crippen LogP contribution in [0.4, 0.5) is 4.39 Å². The fourth-order valence-electron chi connectivity index (χ4n) is 1.89. The van der Waals surface area contributed by atoms with Crippen molar-refractivity contribution >= 4 is 5.78 Å². The largest absolute Gasteiger partial charge is 0.294 e. The number of hydrogen-bond acceptors (Lipinski definition) is 1. The molecule has 0 aromatic heterocycles. The van der Waals surface area contributed by atoms with Gasteiger partial charge in [-0.25, -0.2) is 4.39 Å². The Labute approximate surface area is 106 Å². The Morgan fingerprint density at radius 2 is 1.83 bits per heavy atom. The van der Waals surface area contributed by atoms with Gasteiger partial charge in [-0.1, -0.05) is 42.0 Å². The van der Waals surface area contributed by atoms with Gasteiger partial charge in [-0.2, -0.15) is 0 Å². The minimum absolute atomic E-state index is 0.139. The average molecular weight is 242 g/mol. The second kappa shape index (κ2) is 5.58. The van der Waals surface area contributed by atoms with Gasteiger partial charge < -0.3 is 0 Å². The number of halogens is 1. The lowest BCUT2D eigenvalue weighted by Crippen LogP contribution is -2.04. The molecule has 0 aliphatic rings. The van der Waals surface area contributed by atoms with Gasteiger partial charge in [0.2, 0.25) is 0 Å². The molecule has 0 atom stereocenters. The Bertz CT molecular complexity index is 546. The Hall–Kier alpha value is -1.96. The van der Waals surface area contributed by atoms with Crippen molar-refractivity contribution in [1.82, 2.24) is 0 Å². The van der Waals surface area contributed by atoms with E-state index in [0.717, 1.165) is 11.1 Å². The summed E-state index contributed by atoms with van der Waals surface area (Å²) in [5.74, 6) is -0.571. The van der Waals surface area contributed by atoms with Crippen LogP contribution in [0.5, 0.6) is 0 Å². The van der Waals surface area contributed by atoms with E-state index < -0.39 is 5.82 Å². The topological polar surface area (TPSA) is 17.1 Å². The van der Waals surface area contributed by atoms with Crippen molar-refractivity contribution < 1.29 is 9.18 Å². The highest BCUT2D eigenvalue weighted by Crippen LogP contribution is 2.14. The first-order valence-corrected chi connectivity index (χ1v) is 6.00. The predicted octanol–water partition coefficient (Wildman–Crippen LogP) is 3.95. The van der Waals surface area contributed by atoms with Gasteiger partial charge in [-0.3, -0.25) is 4.79 Å². The van der Waals surface area contributed by atoms with E-state index in [-0.39, 0.29) is 11.3 Å². The normalized spacial score (nSPS) is 10.3. The SMILES string of the molecule is Cc1ccc(F)c(C(=O)CCc2ccccc2)c1. The van der Waals surface area contributed by atoms with Gasteiger partial charge in [0.05, 0.1) is 5.56 Å². The summed E-state index contributed by atoms with van der Waals surface area (Å²) in [4.78, 5) is 12.0. The molecule has 1 nitrogen and oxygen atoms in total. The van der Waals surface area contributed by atoms with Crippen LogP contribution >= 0.6 is 0 Å².